The fourth-order valence-corrected chi connectivity index (χ4v) is 3.91. The summed E-state index contributed by atoms with van der Waals surface area (Å²) in [6, 6.07) is 6.97. The summed E-state index contributed by atoms with van der Waals surface area (Å²) in [5, 5.41) is 10.8. The summed E-state index contributed by atoms with van der Waals surface area (Å²) in [4.78, 5) is 26.7. The van der Waals surface area contributed by atoms with E-state index >= 15 is 0 Å². The molecule has 11 heteroatoms. The fourth-order valence-electron chi connectivity index (χ4n) is 3.91. The van der Waals surface area contributed by atoms with Crippen LogP contribution in [0.3, 0.4) is 0 Å². The normalized spacial score (nSPS) is 24.6. The van der Waals surface area contributed by atoms with Gasteiger partial charge in [0, 0.05) is 19.7 Å². The Balaban J connectivity index is 2.23. The molecule has 1 N–H and O–H groups in total. The molecule has 0 bridgehead atoms. The van der Waals surface area contributed by atoms with Crippen molar-refractivity contribution in [2.75, 3.05) is 14.1 Å². The molecule has 0 aromatic heterocycles. The number of ketones is 1. The predicted octanol–water partition coefficient (Wildman–Crippen LogP) is 4.49. The van der Waals surface area contributed by atoms with Crippen LogP contribution in [0.5, 0.6) is 0 Å². The lowest BCUT2D eigenvalue weighted by molar-refractivity contribution is -0.328. The van der Waals surface area contributed by atoms with Gasteiger partial charge in [0.25, 0.3) is 5.72 Å². The van der Waals surface area contributed by atoms with Crippen LogP contribution in [0.4, 0.5) is 31.1 Å². The summed E-state index contributed by atoms with van der Waals surface area (Å²) in [5.41, 5.74) is -5.29. The molecule has 2 aromatic carbocycles. The number of nitrogens with zero attached hydrogens (tertiary/aromatic N) is 2. The highest BCUT2D eigenvalue weighted by Gasteiger charge is 2.70. The van der Waals surface area contributed by atoms with Crippen LogP contribution >= 0.6 is 0 Å². The minimum absolute atomic E-state index is 0.0269. The van der Waals surface area contributed by atoms with E-state index in [0.717, 1.165) is 24.1 Å². The number of halogens is 6. The third-order valence-corrected chi connectivity index (χ3v) is 5.60. The van der Waals surface area contributed by atoms with Crippen molar-refractivity contribution in [3.05, 3.63) is 71.3 Å². The summed E-state index contributed by atoms with van der Waals surface area (Å²) in [6.07, 6.45) is -10.1. The van der Waals surface area contributed by atoms with Gasteiger partial charge in [-0.25, -0.2) is 4.79 Å². The van der Waals surface area contributed by atoms with Gasteiger partial charge in [-0.2, -0.15) is 26.3 Å². The first-order valence-corrected chi connectivity index (χ1v) is 9.27. The zero-order chi connectivity index (χ0) is 24.1. The first-order chi connectivity index (χ1) is 14.7. The number of benzene rings is 2. The molecule has 1 aliphatic heterocycles. The monoisotopic (exact) mass is 460 g/mol. The topological polar surface area (TPSA) is 60.9 Å². The number of aliphatic hydroxyl groups is 1. The standard InChI is InChI=1S/C21H18F6N2O3/c1-28-16(12-8-10-14(11-9-12)20(22,23)24)15(17(30)13-6-4-3-5-7-13)19(32,21(25,26)27)29(2)18(28)31/h3-11,15-16,32H,1-2H3. The van der Waals surface area contributed by atoms with Crippen molar-refractivity contribution < 1.29 is 41.0 Å². The van der Waals surface area contributed by atoms with Gasteiger partial charge in [-0.05, 0) is 17.7 Å². The van der Waals surface area contributed by atoms with Gasteiger partial charge in [0.1, 0.15) is 5.92 Å². The molecule has 0 radical (unpaired) electrons. The summed E-state index contributed by atoms with van der Waals surface area (Å²) in [5.74, 6) is -3.41. The molecule has 172 valence electrons. The summed E-state index contributed by atoms with van der Waals surface area (Å²) < 4.78 is 81.3. The molecule has 0 saturated carbocycles. The minimum Gasteiger partial charge on any atom is -0.363 e. The van der Waals surface area contributed by atoms with E-state index in [1.165, 1.54) is 30.3 Å². The number of rotatable bonds is 3. The maximum absolute atomic E-state index is 14.1. The lowest BCUT2D eigenvalue weighted by Crippen LogP contribution is -2.73. The van der Waals surface area contributed by atoms with Gasteiger partial charge in [0.15, 0.2) is 5.78 Å². The largest absolute Gasteiger partial charge is 0.437 e. The van der Waals surface area contributed by atoms with Crippen molar-refractivity contribution >= 4 is 11.8 Å². The van der Waals surface area contributed by atoms with E-state index in [9.17, 15) is 41.0 Å². The Morgan fingerprint density at radius 3 is 1.94 bits per heavy atom. The Morgan fingerprint density at radius 2 is 1.47 bits per heavy atom. The highest BCUT2D eigenvalue weighted by molar-refractivity contribution is 6.00. The number of amides is 2. The van der Waals surface area contributed by atoms with Crippen molar-refractivity contribution in [1.82, 2.24) is 9.80 Å². The van der Waals surface area contributed by atoms with Gasteiger partial charge in [-0.1, -0.05) is 42.5 Å². The van der Waals surface area contributed by atoms with Crippen LogP contribution in [0.1, 0.15) is 27.5 Å². The number of hydrogen-bond donors (Lipinski definition) is 1. The average molecular weight is 460 g/mol. The number of carbonyl (C=O) groups is 2. The van der Waals surface area contributed by atoms with Crippen LogP contribution in [-0.2, 0) is 6.18 Å². The Kier molecular flexibility index (Phi) is 5.75. The molecular formula is C21H18F6N2O3. The molecule has 2 aromatic rings. The van der Waals surface area contributed by atoms with Crippen molar-refractivity contribution in [2.45, 2.75) is 24.1 Å². The minimum atomic E-state index is -5.45. The Labute approximate surface area is 178 Å². The number of urea groups is 1. The molecule has 1 aliphatic rings. The molecule has 2 amide bonds. The molecule has 1 fully saturated rings. The number of Topliss-reactive ketones (excluding diaryl/α,β-unsaturated/α-hetero) is 1. The summed E-state index contributed by atoms with van der Waals surface area (Å²) >= 11 is 0. The van der Waals surface area contributed by atoms with Crippen molar-refractivity contribution in [1.29, 1.82) is 0 Å². The second kappa shape index (κ2) is 7.80. The number of alkyl halides is 6. The first-order valence-electron chi connectivity index (χ1n) is 9.27. The van der Waals surface area contributed by atoms with Crippen LogP contribution in [-0.4, -0.2) is 52.7 Å². The molecule has 3 unspecified atom stereocenters. The maximum Gasteiger partial charge on any atom is 0.437 e. The van der Waals surface area contributed by atoms with E-state index in [-0.39, 0.29) is 16.0 Å². The molecule has 0 spiro atoms. The number of hydrogen-bond acceptors (Lipinski definition) is 3. The molecule has 3 rings (SSSR count). The van der Waals surface area contributed by atoms with Gasteiger partial charge >= 0.3 is 18.4 Å². The third-order valence-electron chi connectivity index (χ3n) is 5.60. The molecule has 32 heavy (non-hydrogen) atoms. The van der Waals surface area contributed by atoms with E-state index in [1.807, 2.05) is 0 Å². The van der Waals surface area contributed by atoms with Crippen LogP contribution in [0.2, 0.25) is 0 Å². The predicted molar refractivity (Wildman–Crippen MR) is 100 cm³/mol. The van der Waals surface area contributed by atoms with Gasteiger partial charge < -0.3 is 10.0 Å². The summed E-state index contributed by atoms with van der Waals surface area (Å²) in [6.45, 7) is 0. The lowest BCUT2D eigenvalue weighted by atomic mass is 9.75. The lowest BCUT2D eigenvalue weighted by Gasteiger charge is -2.53. The fraction of sp³-hybridized carbons (Fsp3) is 0.333. The first kappa shape index (κ1) is 23.6. The zero-order valence-electron chi connectivity index (χ0n) is 16.8. The molecule has 0 aliphatic carbocycles. The Morgan fingerprint density at radius 1 is 0.938 bits per heavy atom. The Bertz CT molecular complexity index is 1010. The van der Waals surface area contributed by atoms with E-state index < -0.39 is 47.4 Å². The van der Waals surface area contributed by atoms with Crippen LogP contribution in [0.25, 0.3) is 0 Å². The average Bonchev–Trinajstić information content (AvgIpc) is 2.73. The summed E-state index contributed by atoms with van der Waals surface area (Å²) in [7, 11) is 1.82. The van der Waals surface area contributed by atoms with Crippen LogP contribution < -0.4 is 0 Å². The van der Waals surface area contributed by atoms with Crippen molar-refractivity contribution in [3.63, 3.8) is 0 Å². The second-order valence-corrected chi connectivity index (χ2v) is 7.45. The van der Waals surface area contributed by atoms with Gasteiger partial charge in [0.05, 0.1) is 11.6 Å². The van der Waals surface area contributed by atoms with E-state index in [0.29, 0.717) is 19.2 Å². The smallest absolute Gasteiger partial charge is 0.363 e. The zero-order valence-corrected chi connectivity index (χ0v) is 16.8. The van der Waals surface area contributed by atoms with Crippen LogP contribution in [0, 0.1) is 5.92 Å². The van der Waals surface area contributed by atoms with Crippen molar-refractivity contribution in [2.24, 2.45) is 5.92 Å². The van der Waals surface area contributed by atoms with E-state index in [4.69, 9.17) is 0 Å². The highest BCUT2D eigenvalue weighted by atomic mass is 19.4. The van der Waals surface area contributed by atoms with Gasteiger partial charge in [-0.15, -0.1) is 0 Å². The number of carbonyl (C=O) groups excluding carboxylic acids is 2. The van der Waals surface area contributed by atoms with Gasteiger partial charge in [-0.3, -0.25) is 9.69 Å². The molecule has 5 nitrogen and oxygen atoms in total. The molecule has 1 saturated heterocycles. The van der Waals surface area contributed by atoms with Gasteiger partial charge in [0.2, 0.25) is 0 Å². The highest BCUT2D eigenvalue weighted by Crippen LogP contribution is 2.50. The molecule has 1 heterocycles. The third kappa shape index (κ3) is 3.70. The molecule has 3 atom stereocenters. The van der Waals surface area contributed by atoms with E-state index in [1.54, 1.807) is 0 Å². The van der Waals surface area contributed by atoms with Crippen LogP contribution in [0.15, 0.2) is 54.6 Å². The van der Waals surface area contributed by atoms with E-state index in [2.05, 4.69) is 0 Å². The van der Waals surface area contributed by atoms with Crippen molar-refractivity contribution in [3.8, 4) is 0 Å². The molecular weight excluding hydrogens is 442 g/mol. The maximum atomic E-state index is 14.1. The SMILES string of the molecule is CN1C(=O)N(C)C(O)(C(F)(F)F)C(C(=O)c2ccccc2)C1c1ccc(C(F)(F)F)cc1. The Hall–Kier alpha value is -3.08. The quantitative estimate of drug-likeness (QED) is 0.542. The second-order valence-electron chi connectivity index (χ2n) is 7.45.